The lowest BCUT2D eigenvalue weighted by Gasteiger charge is -2.29. The van der Waals surface area contributed by atoms with Crippen LogP contribution in [0.5, 0.6) is 0 Å². The summed E-state index contributed by atoms with van der Waals surface area (Å²) >= 11 is 0. The third-order valence-corrected chi connectivity index (χ3v) is 2.69. The Morgan fingerprint density at radius 2 is 2.00 bits per heavy atom. The van der Waals surface area contributed by atoms with Gasteiger partial charge in [0, 0.05) is 13.2 Å². The Bertz CT molecular complexity index is 289. The highest BCUT2D eigenvalue weighted by molar-refractivity contribution is 5.23. The number of aliphatic hydroxyl groups excluding tert-OH is 1. The van der Waals surface area contributed by atoms with Crippen molar-refractivity contribution in [1.82, 2.24) is 5.32 Å². The fraction of sp³-hybridized carbons (Fsp3) is 0.538. The maximum Gasteiger partial charge on any atom is 0.0652 e. The van der Waals surface area contributed by atoms with Crippen molar-refractivity contribution >= 4 is 0 Å². The molecule has 0 aliphatic heterocycles. The van der Waals surface area contributed by atoms with Crippen molar-refractivity contribution in [2.24, 2.45) is 0 Å². The zero-order valence-electron chi connectivity index (χ0n) is 10.1. The molecule has 0 amide bonds. The summed E-state index contributed by atoms with van der Waals surface area (Å²) < 4.78 is 5.27. The number of benzene rings is 1. The van der Waals surface area contributed by atoms with E-state index in [2.05, 4.69) is 5.32 Å². The minimum absolute atomic E-state index is 0.0726. The van der Waals surface area contributed by atoms with Crippen molar-refractivity contribution in [1.29, 1.82) is 0 Å². The summed E-state index contributed by atoms with van der Waals surface area (Å²) in [5.41, 5.74) is 0.701. The van der Waals surface area contributed by atoms with Gasteiger partial charge in [0.15, 0.2) is 0 Å². The molecule has 0 aromatic heterocycles. The molecule has 16 heavy (non-hydrogen) atoms. The highest BCUT2D eigenvalue weighted by Gasteiger charge is 2.24. The van der Waals surface area contributed by atoms with Crippen LogP contribution >= 0.6 is 0 Å². The van der Waals surface area contributed by atoms with E-state index in [9.17, 15) is 5.11 Å². The molecule has 90 valence electrons. The van der Waals surface area contributed by atoms with Gasteiger partial charge in [-0.1, -0.05) is 30.3 Å². The van der Waals surface area contributed by atoms with Crippen LogP contribution in [0.15, 0.2) is 30.3 Å². The Balaban J connectivity index is 2.56. The van der Waals surface area contributed by atoms with Crippen molar-refractivity contribution in [3.05, 3.63) is 35.9 Å². The number of hydrogen-bond donors (Lipinski definition) is 2. The molecular formula is C13H21NO2. The van der Waals surface area contributed by atoms with Crippen molar-refractivity contribution in [2.45, 2.75) is 19.4 Å². The molecule has 1 unspecified atom stereocenters. The van der Waals surface area contributed by atoms with E-state index in [0.29, 0.717) is 6.61 Å². The maximum atomic E-state index is 9.49. The van der Waals surface area contributed by atoms with Crippen molar-refractivity contribution in [3.8, 4) is 0 Å². The zero-order valence-corrected chi connectivity index (χ0v) is 10.1. The van der Waals surface area contributed by atoms with Gasteiger partial charge in [0.1, 0.15) is 0 Å². The van der Waals surface area contributed by atoms with Gasteiger partial charge in [0.05, 0.1) is 18.8 Å². The van der Waals surface area contributed by atoms with Crippen LogP contribution in [-0.4, -0.2) is 31.5 Å². The lowest BCUT2D eigenvalue weighted by atomic mass is 9.93. The zero-order chi connectivity index (χ0) is 11.9. The van der Waals surface area contributed by atoms with Crippen molar-refractivity contribution < 1.29 is 9.84 Å². The van der Waals surface area contributed by atoms with Gasteiger partial charge >= 0.3 is 0 Å². The molecule has 1 rings (SSSR count). The topological polar surface area (TPSA) is 41.5 Å². The van der Waals surface area contributed by atoms with Crippen LogP contribution in [0, 0.1) is 0 Å². The van der Waals surface area contributed by atoms with E-state index in [1.165, 1.54) is 0 Å². The van der Waals surface area contributed by atoms with E-state index in [-0.39, 0.29) is 6.61 Å². The minimum Gasteiger partial charge on any atom is -0.394 e. The first-order chi connectivity index (χ1) is 7.73. The van der Waals surface area contributed by atoms with Gasteiger partial charge in [-0.25, -0.2) is 0 Å². The van der Waals surface area contributed by atoms with E-state index in [0.717, 1.165) is 18.7 Å². The first-order valence-corrected chi connectivity index (χ1v) is 5.72. The summed E-state index contributed by atoms with van der Waals surface area (Å²) in [5, 5.41) is 12.8. The van der Waals surface area contributed by atoms with E-state index in [4.69, 9.17) is 4.74 Å². The highest BCUT2D eigenvalue weighted by Crippen LogP contribution is 2.19. The standard InChI is InChI=1S/C13H21NO2/c1-3-16-10-9-14-13(2,11-15)12-7-5-4-6-8-12/h4-8,14-15H,3,9-11H2,1-2H3. The highest BCUT2D eigenvalue weighted by atomic mass is 16.5. The molecule has 3 nitrogen and oxygen atoms in total. The van der Waals surface area contributed by atoms with Crippen LogP contribution < -0.4 is 5.32 Å². The van der Waals surface area contributed by atoms with Gasteiger partial charge in [0.25, 0.3) is 0 Å². The van der Waals surface area contributed by atoms with Gasteiger partial charge in [0.2, 0.25) is 0 Å². The number of ether oxygens (including phenoxy) is 1. The van der Waals surface area contributed by atoms with Crippen LogP contribution in [0.2, 0.25) is 0 Å². The summed E-state index contributed by atoms with van der Waals surface area (Å²) in [6, 6.07) is 9.97. The Kier molecular flexibility index (Phi) is 5.46. The van der Waals surface area contributed by atoms with Crippen molar-refractivity contribution in [2.75, 3.05) is 26.4 Å². The predicted octanol–water partition coefficient (Wildman–Crippen LogP) is 1.52. The third-order valence-electron chi connectivity index (χ3n) is 2.69. The van der Waals surface area contributed by atoms with Crippen molar-refractivity contribution in [3.63, 3.8) is 0 Å². The minimum atomic E-state index is -0.391. The average molecular weight is 223 g/mol. The fourth-order valence-corrected chi connectivity index (χ4v) is 1.60. The molecule has 0 heterocycles. The van der Waals surface area contributed by atoms with Crippen LogP contribution in [0.25, 0.3) is 0 Å². The normalized spacial score (nSPS) is 14.7. The lowest BCUT2D eigenvalue weighted by Crippen LogP contribution is -2.44. The Morgan fingerprint density at radius 1 is 1.31 bits per heavy atom. The lowest BCUT2D eigenvalue weighted by molar-refractivity contribution is 0.124. The van der Waals surface area contributed by atoms with Crippen LogP contribution in [0.3, 0.4) is 0 Å². The Hall–Kier alpha value is -0.900. The first kappa shape index (κ1) is 13.2. The second kappa shape index (κ2) is 6.63. The number of aliphatic hydroxyl groups is 1. The number of nitrogens with one attached hydrogen (secondary N) is 1. The van der Waals surface area contributed by atoms with E-state index >= 15 is 0 Å². The van der Waals surface area contributed by atoms with Crippen LogP contribution in [-0.2, 0) is 10.3 Å². The van der Waals surface area contributed by atoms with Gasteiger partial charge in [-0.2, -0.15) is 0 Å². The van der Waals surface area contributed by atoms with Gasteiger partial charge in [-0.15, -0.1) is 0 Å². The first-order valence-electron chi connectivity index (χ1n) is 5.72. The summed E-state index contributed by atoms with van der Waals surface area (Å²) in [6.07, 6.45) is 0. The fourth-order valence-electron chi connectivity index (χ4n) is 1.60. The molecular weight excluding hydrogens is 202 g/mol. The summed E-state index contributed by atoms with van der Waals surface area (Å²) in [6.45, 7) is 6.17. The summed E-state index contributed by atoms with van der Waals surface area (Å²) in [4.78, 5) is 0. The second-order valence-electron chi connectivity index (χ2n) is 3.98. The van der Waals surface area contributed by atoms with Gasteiger partial charge in [-0.05, 0) is 19.4 Å². The third kappa shape index (κ3) is 3.59. The average Bonchev–Trinajstić information content (AvgIpc) is 2.35. The molecule has 0 aliphatic carbocycles. The van der Waals surface area contributed by atoms with Crippen LogP contribution in [0.1, 0.15) is 19.4 Å². The maximum absolute atomic E-state index is 9.49. The molecule has 0 aliphatic rings. The molecule has 1 atom stereocenters. The predicted molar refractivity (Wildman–Crippen MR) is 65.4 cm³/mol. The molecule has 0 saturated heterocycles. The molecule has 0 bridgehead atoms. The number of hydrogen-bond acceptors (Lipinski definition) is 3. The quantitative estimate of drug-likeness (QED) is 0.689. The number of rotatable bonds is 7. The summed E-state index contributed by atoms with van der Waals surface area (Å²) in [7, 11) is 0. The molecule has 0 spiro atoms. The molecule has 3 heteroatoms. The second-order valence-corrected chi connectivity index (χ2v) is 3.98. The monoisotopic (exact) mass is 223 g/mol. The molecule has 0 fully saturated rings. The Labute approximate surface area is 97.4 Å². The van der Waals surface area contributed by atoms with Crippen LogP contribution in [0.4, 0.5) is 0 Å². The Morgan fingerprint density at radius 3 is 2.56 bits per heavy atom. The summed E-state index contributed by atoms with van der Waals surface area (Å²) in [5.74, 6) is 0. The largest absolute Gasteiger partial charge is 0.394 e. The SMILES string of the molecule is CCOCCNC(C)(CO)c1ccccc1. The molecule has 1 aromatic rings. The van der Waals surface area contributed by atoms with E-state index < -0.39 is 5.54 Å². The van der Waals surface area contributed by atoms with E-state index in [1.807, 2.05) is 44.2 Å². The molecule has 0 saturated carbocycles. The van der Waals surface area contributed by atoms with E-state index in [1.54, 1.807) is 0 Å². The molecule has 1 aromatic carbocycles. The van der Waals surface area contributed by atoms with Gasteiger partial charge < -0.3 is 15.2 Å². The van der Waals surface area contributed by atoms with Gasteiger partial charge in [-0.3, -0.25) is 0 Å². The molecule has 2 N–H and O–H groups in total. The smallest absolute Gasteiger partial charge is 0.0652 e. The molecule has 0 radical (unpaired) electrons.